The van der Waals surface area contributed by atoms with Crippen LogP contribution < -0.4 is 0 Å². The van der Waals surface area contributed by atoms with Crippen LogP contribution in [0.1, 0.15) is 0 Å². The smallest absolute Gasteiger partial charge is 0.227 e. The van der Waals surface area contributed by atoms with Gasteiger partial charge in [0.1, 0.15) is 5.52 Å². The monoisotopic (exact) mass is 728 g/mol. The van der Waals surface area contributed by atoms with E-state index in [0.29, 0.717) is 5.89 Å². The summed E-state index contributed by atoms with van der Waals surface area (Å²) in [5.41, 5.74) is 13.9. The van der Waals surface area contributed by atoms with Crippen LogP contribution in [0.4, 0.5) is 0 Å². The lowest BCUT2D eigenvalue weighted by Gasteiger charge is -2.15. The van der Waals surface area contributed by atoms with Gasteiger partial charge in [0.15, 0.2) is 5.58 Å². The zero-order valence-corrected chi connectivity index (χ0v) is 30.7. The van der Waals surface area contributed by atoms with Crippen molar-refractivity contribution in [3.8, 4) is 67.5 Å². The fourth-order valence-electron chi connectivity index (χ4n) is 8.11. The van der Waals surface area contributed by atoms with Gasteiger partial charge in [-0.05, 0) is 106 Å². The Morgan fingerprint density at radius 1 is 0.368 bits per heavy atom. The highest BCUT2D eigenvalue weighted by atomic mass is 16.3. The van der Waals surface area contributed by atoms with Crippen LogP contribution in [-0.2, 0) is 0 Å². The number of oxazole rings is 1. The molecule has 0 bridgehead atoms. The van der Waals surface area contributed by atoms with Crippen molar-refractivity contribution in [1.82, 2.24) is 19.9 Å². The van der Waals surface area contributed by atoms with Crippen molar-refractivity contribution in [1.29, 1.82) is 0 Å². The lowest BCUT2D eigenvalue weighted by Crippen LogP contribution is -1.92. The van der Waals surface area contributed by atoms with Crippen LogP contribution in [-0.4, -0.2) is 19.9 Å². The molecule has 0 N–H and O–H groups in total. The van der Waals surface area contributed by atoms with E-state index in [-0.39, 0.29) is 0 Å². The van der Waals surface area contributed by atoms with Crippen molar-refractivity contribution in [2.45, 2.75) is 0 Å². The fraction of sp³-hybridized carbons (Fsp3) is 0. The first-order chi connectivity index (χ1) is 28.2. The van der Waals surface area contributed by atoms with Gasteiger partial charge in [-0.15, -0.1) is 0 Å². The normalized spacial score (nSPS) is 11.5. The summed E-state index contributed by atoms with van der Waals surface area (Å²) in [6.07, 6.45) is 3.68. The standard InChI is InChI=1S/C52H32N4O/c1-2-12-35(13-3-1)52-56-51-48(57-52)27-26-44-49(51)43-16-6-7-19-47(43)55-50(44)34-22-20-33(21-23-34)39-24-25-40(42-15-5-4-14-41(39)42)36-30-37(45-17-8-10-28-53-45)32-38(31-36)46-18-9-11-29-54-46/h1-32H. The van der Waals surface area contributed by atoms with Gasteiger partial charge in [0.05, 0.1) is 22.6 Å². The average molecular weight is 729 g/mol. The molecule has 0 fully saturated rings. The third-order valence-electron chi connectivity index (χ3n) is 10.8. The number of aromatic nitrogens is 4. The Hall–Kier alpha value is -7.76. The highest BCUT2D eigenvalue weighted by molar-refractivity contribution is 6.20. The van der Waals surface area contributed by atoms with Gasteiger partial charge < -0.3 is 4.42 Å². The Morgan fingerprint density at radius 2 is 0.947 bits per heavy atom. The highest BCUT2D eigenvalue weighted by Crippen LogP contribution is 2.41. The zero-order chi connectivity index (χ0) is 37.7. The van der Waals surface area contributed by atoms with E-state index >= 15 is 0 Å². The first-order valence-corrected chi connectivity index (χ1v) is 19.0. The van der Waals surface area contributed by atoms with E-state index in [4.69, 9.17) is 14.4 Å². The van der Waals surface area contributed by atoms with Crippen LogP contribution in [0.3, 0.4) is 0 Å². The van der Waals surface area contributed by atoms with Crippen LogP contribution in [0.5, 0.6) is 0 Å². The molecule has 266 valence electrons. The highest BCUT2D eigenvalue weighted by Gasteiger charge is 2.18. The molecule has 0 radical (unpaired) electrons. The molecule has 0 spiro atoms. The maximum Gasteiger partial charge on any atom is 0.227 e. The van der Waals surface area contributed by atoms with Crippen molar-refractivity contribution in [3.05, 3.63) is 194 Å². The minimum Gasteiger partial charge on any atom is -0.436 e. The molecular formula is C52H32N4O. The lowest BCUT2D eigenvalue weighted by atomic mass is 9.89. The summed E-state index contributed by atoms with van der Waals surface area (Å²) in [6.45, 7) is 0. The first-order valence-electron chi connectivity index (χ1n) is 19.0. The number of rotatable bonds is 6. The van der Waals surface area contributed by atoms with Crippen molar-refractivity contribution in [2.75, 3.05) is 0 Å². The predicted molar refractivity (Wildman–Crippen MR) is 233 cm³/mol. The fourth-order valence-corrected chi connectivity index (χ4v) is 8.11. The molecule has 5 heteroatoms. The van der Waals surface area contributed by atoms with Crippen LogP contribution >= 0.6 is 0 Å². The van der Waals surface area contributed by atoms with Gasteiger partial charge in [0.25, 0.3) is 0 Å². The SMILES string of the molecule is c1ccc(-c2nc3c(ccc4c(-c5ccc(-c6ccc(-c7cc(-c8ccccn8)cc(-c8ccccn8)c7)c7ccccc67)cc5)nc5ccccc5c43)o2)cc1. The predicted octanol–water partition coefficient (Wildman–Crippen LogP) is 13.5. The van der Waals surface area contributed by atoms with E-state index in [2.05, 4.69) is 125 Å². The Labute approximate surface area is 328 Å². The molecule has 11 aromatic rings. The largest absolute Gasteiger partial charge is 0.436 e. The molecule has 0 saturated carbocycles. The summed E-state index contributed by atoms with van der Waals surface area (Å²) in [5.74, 6) is 0.609. The van der Waals surface area contributed by atoms with Crippen LogP contribution in [0.2, 0.25) is 0 Å². The topological polar surface area (TPSA) is 64.7 Å². The summed E-state index contributed by atoms with van der Waals surface area (Å²) in [6, 6.07) is 63.2. The second kappa shape index (κ2) is 13.5. The number of nitrogens with zero attached hydrogens (tertiary/aromatic N) is 4. The van der Waals surface area contributed by atoms with E-state index in [0.717, 1.165) is 88.8 Å². The zero-order valence-electron chi connectivity index (χ0n) is 30.7. The Kier molecular flexibility index (Phi) is 7.74. The average Bonchev–Trinajstić information content (AvgIpc) is 3.74. The van der Waals surface area contributed by atoms with Gasteiger partial charge in [0, 0.05) is 50.8 Å². The van der Waals surface area contributed by atoms with Crippen molar-refractivity contribution < 1.29 is 4.42 Å². The Balaban J connectivity index is 1.02. The van der Waals surface area contributed by atoms with E-state index in [1.807, 2.05) is 79.1 Å². The second-order valence-electron chi connectivity index (χ2n) is 14.2. The maximum atomic E-state index is 6.31. The van der Waals surface area contributed by atoms with Gasteiger partial charge in [-0.1, -0.05) is 109 Å². The number of hydrogen-bond donors (Lipinski definition) is 0. The van der Waals surface area contributed by atoms with Gasteiger partial charge in [-0.25, -0.2) is 9.97 Å². The van der Waals surface area contributed by atoms with Gasteiger partial charge in [-0.3, -0.25) is 9.97 Å². The number of para-hydroxylation sites is 1. The molecule has 4 aromatic heterocycles. The molecule has 0 amide bonds. The van der Waals surface area contributed by atoms with E-state index < -0.39 is 0 Å². The molecule has 0 aliphatic heterocycles. The molecule has 4 heterocycles. The molecule has 5 nitrogen and oxygen atoms in total. The molecule has 7 aromatic carbocycles. The molecular weight excluding hydrogens is 697 g/mol. The first kappa shape index (κ1) is 32.7. The summed E-state index contributed by atoms with van der Waals surface area (Å²) in [5, 5.41) is 5.49. The number of fused-ring (bicyclic) bond motifs is 6. The number of hydrogen-bond acceptors (Lipinski definition) is 5. The third kappa shape index (κ3) is 5.72. The van der Waals surface area contributed by atoms with Crippen LogP contribution in [0.25, 0.3) is 111 Å². The van der Waals surface area contributed by atoms with Crippen LogP contribution in [0.15, 0.2) is 199 Å². The Bertz CT molecular complexity index is 3210. The molecule has 0 unspecified atom stereocenters. The second-order valence-corrected chi connectivity index (χ2v) is 14.2. The molecule has 0 aliphatic carbocycles. The van der Waals surface area contributed by atoms with Gasteiger partial charge in [0.2, 0.25) is 5.89 Å². The minimum absolute atomic E-state index is 0.609. The summed E-state index contributed by atoms with van der Waals surface area (Å²) >= 11 is 0. The molecule has 0 saturated heterocycles. The van der Waals surface area contributed by atoms with Crippen LogP contribution in [0, 0.1) is 0 Å². The summed E-state index contributed by atoms with van der Waals surface area (Å²) in [4.78, 5) is 19.7. The summed E-state index contributed by atoms with van der Waals surface area (Å²) < 4.78 is 6.31. The maximum absolute atomic E-state index is 6.31. The lowest BCUT2D eigenvalue weighted by molar-refractivity contribution is 0.620. The number of benzene rings is 7. The molecule has 0 aliphatic rings. The quantitative estimate of drug-likeness (QED) is 0.160. The van der Waals surface area contributed by atoms with Gasteiger partial charge in [-0.2, -0.15) is 0 Å². The Morgan fingerprint density at radius 3 is 1.61 bits per heavy atom. The van der Waals surface area contributed by atoms with Crippen molar-refractivity contribution >= 4 is 43.5 Å². The van der Waals surface area contributed by atoms with E-state index in [1.165, 1.54) is 16.3 Å². The third-order valence-corrected chi connectivity index (χ3v) is 10.8. The summed E-state index contributed by atoms with van der Waals surface area (Å²) in [7, 11) is 0. The molecule has 0 atom stereocenters. The van der Waals surface area contributed by atoms with E-state index in [1.54, 1.807) is 0 Å². The van der Waals surface area contributed by atoms with E-state index in [9.17, 15) is 0 Å². The van der Waals surface area contributed by atoms with Crippen molar-refractivity contribution in [3.63, 3.8) is 0 Å². The van der Waals surface area contributed by atoms with Gasteiger partial charge >= 0.3 is 0 Å². The minimum atomic E-state index is 0.609. The molecule has 11 rings (SSSR count). The van der Waals surface area contributed by atoms with Crippen molar-refractivity contribution in [2.24, 2.45) is 0 Å². The molecule has 57 heavy (non-hydrogen) atoms. The number of pyridine rings is 3.